The van der Waals surface area contributed by atoms with Crippen molar-refractivity contribution < 1.29 is 0 Å². The van der Waals surface area contributed by atoms with E-state index in [1.165, 1.54) is 44.2 Å². The van der Waals surface area contributed by atoms with Gasteiger partial charge in [-0.2, -0.15) is 0 Å². The zero-order valence-electron chi connectivity index (χ0n) is 12.4. The van der Waals surface area contributed by atoms with Gasteiger partial charge in [0.05, 0.1) is 6.33 Å². The number of piperidine rings is 1. The van der Waals surface area contributed by atoms with Crippen molar-refractivity contribution in [2.24, 2.45) is 5.92 Å². The van der Waals surface area contributed by atoms with Crippen LogP contribution in [0.25, 0.3) is 0 Å². The molecule has 106 valence electrons. The fourth-order valence-corrected chi connectivity index (χ4v) is 4.00. The molecule has 3 rings (SSSR count). The van der Waals surface area contributed by atoms with Gasteiger partial charge in [-0.15, -0.1) is 0 Å². The first-order valence-corrected chi connectivity index (χ1v) is 7.94. The molecule has 2 aliphatic rings. The van der Waals surface area contributed by atoms with Gasteiger partial charge < -0.3 is 9.88 Å². The van der Waals surface area contributed by atoms with E-state index in [1.807, 2.05) is 0 Å². The molecular weight excluding hydrogens is 234 g/mol. The molecule has 1 aromatic heterocycles. The molecule has 0 bridgehead atoms. The van der Waals surface area contributed by atoms with Crippen LogP contribution in [0.2, 0.25) is 0 Å². The van der Waals surface area contributed by atoms with Crippen molar-refractivity contribution in [1.82, 2.24) is 14.9 Å². The summed E-state index contributed by atoms with van der Waals surface area (Å²) in [5.41, 5.74) is 1.78. The van der Waals surface area contributed by atoms with E-state index in [1.54, 1.807) is 0 Å². The fraction of sp³-hybridized carbons (Fsp3) is 0.812. The molecule has 0 aromatic carbocycles. The Balaban J connectivity index is 1.84. The van der Waals surface area contributed by atoms with Crippen molar-refractivity contribution in [3.8, 4) is 0 Å². The molecule has 1 aliphatic carbocycles. The molecule has 2 fully saturated rings. The van der Waals surface area contributed by atoms with Crippen molar-refractivity contribution in [2.75, 3.05) is 13.1 Å². The average molecular weight is 261 g/mol. The summed E-state index contributed by atoms with van der Waals surface area (Å²) in [4.78, 5) is 4.48. The number of hydrogen-bond acceptors (Lipinski definition) is 2. The van der Waals surface area contributed by atoms with E-state index < -0.39 is 0 Å². The Morgan fingerprint density at radius 3 is 2.68 bits per heavy atom. The highest BCUT2D eigenvalue weighted by Gasteiger charge is 2.34. The average Bonchev–Trinajstić information content (AvgIpc) is 3.10. The maximum atomic E-state index is 4.48. The summed E-state index contributed by atoms with van der Waals surface area (Å²) < 4.78 is 2.49. The molecule has 0 spiro atoms. The normalized spacial score (nSPS) is 25.6. The van der Waals surface area contributed by atoms with Gasteiger partial charge in [-0.25, -0.2) is 4.98 Å². The second kappa shape index (κ2) is 5.28. The van der Waals surface area contributed by atoms with Gasteiger partial charge in [0.2, 0.25) is 0 Å². The van der Waals surface area contributed by atoms with Crippen LogP contribution in [0.3, 0.4) is 0 Å². The molecule has 1 unspecified atom stereocenters. The number of rotatable bonds is 3. The molecule has 19 heavy (non-hydrogen) atoms. The molecule has 1 atom stereocenters. The molecular formula is C16H27N3. The van der Waals surface area contributed by atoms with Crippen LogP contribution in [0.5, 0.6) is 0 Å². The van der Waals surface area contributed by atoms with Crippen LogP contribution in [-0.2, 0) is 5.41 Å². The minimum atomic E-state index is 0.314. The van der Waals surface area contributed by atoms with Crippen LogP contribution >= 0.6 is 0 Å². The van der Waals surface area contributed by atoms with Crippen LogP contribution in [0, 0.1) is 5.92 Å². The molecule has 3 nitrogen and oxygen atoms in total. The van der Waals surface area contributed by atoms with Crippen LogP contribution in [0.4, 0.5) is 0 Å². The summed E-state index contributed by atoms with van der Waals surface area (Å²) in [5.74, 6) is 0.860. The Morgan fingerprint density at radius 1 is 1.32 bits per heavy atom. The molecule has 1 saturated carbocycles. The zero-order valence-corrected chi connectivity index (χ0v) is 12.4. The molecule has 0 radical (unpaired) electrons. The minimum absolute atomic E-state index is 0.314. The van der Waals surface area contributed by atoms with Gasteiger partial charge in [-0.3, -0.25) is 0 Å². The van der Waals surface area contributed by atoms with E-state index in [-0.39, 0.29) is 0 Å². The summed E-state index contributed by atoms with van der Waals surface area (Å²) in [6.45, 7) is 7.09. The zero-order chi connectivity index (χ0) is 13.3. The first kappa shape index (κ1) is 13.2. The summed E-state index contributed by atoms with van der Waals surface area (Å²) in [6.07, 6.45) is 12.3. The van der Waals surface area contributed by atoms with Crippen molar-refractivity contribution in [1.29, 1.82) is 0 Å². The van der Waals surface area contributed by atoms with Crippen molar-refractivity contribution in [2.45, 2.75) is 63.8 Å². The quantitative estimate of drug-likeness (QED) is 0.905. The second-order valence-electron chi connectivity index (χ2n) is 6.78. The van der Waals surface area contributed by atoms with E-state index in [0.717, 1.165) is 19.0 Å². The van der Waals surface area contributed by atoms with E-state index >= 15 is 0 Å². The largest absolute Gasteiger partial charge is 0.331 e. The Labute approximate surface area is 116 Å². The van der Waals surface area contributed by atoms with Gasteiger partial charge >= 0.3 is 0 Å². The highest BCUT2D eigenvalue weighted by Crippen LogP contribution is 2.38. The second-order valence-corrected chi connectivity index (χ2v) is 6.78. The lowest BCUT2D eigenvalue weighted by molar-refractivity contribution is 0.287. The Bertz CT molecular complexity index is 411. The van der Waals surface area contributed by atoms with Crippen molar-refractivity contribution in [3.63, 3.8) is 0 Å². The molecule has 1 aromatic rings. The van der Waals surface area contributed by atoms with E-state index in [0.29, 0.717) is 11.5 Å². The van der Waals surface area contributed by atoms with Crippen LogP contribution in [0.1, 0.15) is 64.1 Å². The highest BCUT2D eigenvalue weighted by molar-refractivity contribution is 5.16. The highest BCUT2D eigenvalue weighted by atomic mass is 15.1. The smallest absolute Gasteiger partial charge is 0.0950 e. The van der Waals surface area contributed by atoms with Gasteiger partial charge in [0, 0.05) is 23.3 Å². The van der Waals surface area contributed by atoms with Gasteiger partial charge in [0.25, 0.3) is 0 Å². The Hall–Kier alpha value is -0.830. The van der Waals surface area contributed by atoms with E-state index in [9.17, 15) is 0 Å². The number of imidazole rings is 1. The molecule has 1 saturated heterocycles. The maximum absolute atomic E-state index is 4.48. The standard InChI is InChI=1S/C16H27N3/c1-13(14-5-3-4-6-14)19-12-18-11-15(19)16(2)7-9-17-10-8-16/h11-14,17H,3-10H2,1-2H3. The SMILES string of the molecule is CC(C1CCCC1)n1cncc1C1(C)CCNCC1. The van der Waals surface area contributed by atoms with E-state index in [4.69, 9.17) is 0 Å². The lowest BCUT2D eigenvalue weighted by Crippen LogP contribution is -2.39. The first-order valence-electron chi connectivity index (χ1n) is 7.94. The predicted octanol–water partition coefficient (Wildman–Crippen LogP) is 3.28. The van der Waals surface area contributed by atoms with Crippen LogP contribution in [-0.4, -0.2) is 22.6 Å². The lowest BCUT2D eigenvalue weighted by Gasteiger charge is -2.36. The third-order valence-electron chi connectivity index (χ3n) is 5.51. The number of nitrogens with zero attached hydrogens (tertiary/aromatic N) is 2. The molecule has 1 aliphatic heterocycles. The fourth-order valence-electron chi connectivity index (χ4n) is 4.00. The minimum Gasteiger partial charge on any atom is -0.331 e. The topological polar surface area (TPSA) is 29.9 Å². The lowest BCUT2D eigenvalue weighted by atomic mass is 9.78. The molecule has 1 N–H and O–H groups in total. The Morgan fingerprint density at radius 2 is 2.00 bits per heavy atom. The van der Waals surface area contributed by atoms with Crippen molar-refractivity contribution in [3.05, 3.63) is 18.2 Å². The molecule has 0 amide bonds. The number of aromatic nitrogens is 2. The summed E-state index contributed by atoms with van der Waals surface area (Å²) in [5, 5.41) is 3.48. The van der Waals surface area contributed by atoms with Gasteiger partial charge in [-0.05, 0) is 51.6 Å². The van der Waals surface area contributed by atoms with Crippen molar-refractivity contribution >= 4 is 0 Å². The van der Waals surface area contributed by atoms with Gasteiger partial charge in [0.15, 0.2) is 0 Å². The third kappa shape index (κ3) is 2.45. The van der Waals surface area contributed by atoms with Crippen LogP contribution in [0.15, 0.2) is 12.5 Å². The monoisotopic (exact) mass is 261 g/mol. The summed E-state index contributed by atoms with van der Waals surface area (Å²) in [6, 6.07) is 0.617. The van der Waals surface area contributed by atoms with Gasteiger partial charge in [-0.1, -0.05) is 19.8 Å². The number of hydrogen-bond donors (Lipinski definition) is 1. The maximum Gasteiger partial charge on any atom is 0.0950 e. The molecule has 2 heterocycles. The Kier molecular flexibility index (Phi) is 3.66. The van der Waals surface area contributed by atoms with Gasteiger partial charge in [0.1, 0.15) is 0 Å². The number of nitrogens with one attached hydrogen (secondary N) is 1. The predicted molar refractivity (Wildman–Crippen MR) is 78.4 cm³/mol. The van der Waals surface area contributed by atoms with E-state index in [2.05, 4.69) is 41.2 Å². The van der Waals surface area contributed by atoms with Crippen LogP contribution < -0.4 is 5.32 Å². The summed E-state index contributed by atoms with van der Waals surface area (Å²) >= 11 is 0. The first-order chi connectivity index (χ1) is 9.21. The molecule has 3 heteroatoms. The third-order valence-corrected chi connectivity index (χ3v) is 5.51. The summed E-state index contributed by atoms with van der Waals surface area (Å²) in [7, 11) is 0.